The fraction of sp³-hybridized carbons (Fsp3) is 0.0870. The van der Waals surface area contributed by atoms with Gasteiger partial charge in [0.05, 0.1) is 11.3 Å². The maximum atomic E-state index is 12.7. The summed E-state index contributed by atoms with van der Waals surface area (Å²) in [5.41, 5.74) is 3.29. The average molecular weight is 387 g/mol. The lowest BCUT2D eigenvalue weighted by Gasteiger charge is -2.12. The van der Waals surface area contributed by atoms with Gasteiger partial charge in [0.25, 0.3) is 17.7 Å². The molecule has 0 bridgehead atoms. The summed E-state index contributed by atoms with van der Waals surface area (Å²) in [5.74, 6) is -0.853. The van der Waals surface area contributed by atoms with Gasteiger partial charge >= 0.3 is 0 Å². The summed E-state index contributed by atoms with van der Waals surface area (Å²) in [7, 11) is 1.56. The van der Waals surface area contributed by atoms with Crippen LogP contribution >= 0.6 is 0 Å². The first-order valence-corrected chi connectivity index (χ1v) is 9.08. The molecule has 0 saturated heterocycles. The van der Waals surface area contributed by atoms with Crippen molar-refractivity contribution in [2.45, 2.75) is 6.92 Å². The zero-order valence-electron chi connectivity index (χ0n) is 16.2. The van der Waals surface area contributed by atoms with Gasteiger partial charge in [-0.2, -0.15) is 0 Å². The van der Waals surface area contributed by atoms with Crippen LogP contribution < -0.4 is 16.0 Å². The minimum atomic E-state index is -0.363. The Morgan fingerprint density at radius 1 is 0.690 bits per heavy atom. The van der Waals surface area contributed by atoms with Gasteiger partial charge in [-0.3, -0.25) is 14.4 Å². The topological polar surface area (TPSA) is 87.3 Å². The molecule has 3 N–H and O–H groups in total. The van der Waals surface area contributed by atoms with Crippen molar-refractivity contribution >= 4 is 29.1 Å². The Morgan fingerprint density at radius 3 is 2.10 bits per heavy atom. The van der Waals surface area contributed by atoms with Crippen molar-refractivity contribution in [3.63, 3.8) is 0 Å². The summed E-state index contributed by atoms with van der Waals surface area (Å²) in [6.45, 7) is 1.91. The lowest BCUT2D eigenvalue weighted by atomic mass is 10.1. The number of carbonyl (C=O) groups excluding carboxylic acids is 3. The molecule has 0 aliphatic heterocycles. The zero-order chi connectivity index (χ0) is 20.8. The van der Waals surface area contributed by atoms with Crippen LogP contribution in [0.4, 0.5) is 11.4 Å². The van der Waals surface area contributed by atoms with Crippen LogP contribution in [0.1, 0.15) is 36.6 Å². The van der Waals surface area contributed by atoms with Crippen LogP contribution in [0.3, 0.4) is 0 Å². The van der Waals surface area contributed by atoms with Gasteiger partial charge in [0.15, 0.2) is 0 Å². The number of amides is 3. The van der Waals surface area contributed by atoms with Crippen LogP contribution in [0.25, 0.3) is 0 Å². The summed E-state index contributed by atoms with van der Waals surface area (Å²) >= 11 is 0. The van der Waals surface area contributed by atoms with E-state index >= 15 is 0 Å². The van der Waals surface area contributed by atoms with Crippen LogP contribution in [-0.4, -0.2) is 24.8 Å². The molecule has 3 amide bonds. The smallest absolute Gasteiger partial charge is 0.257 e. The van der Waals surface area contributed by atoms with E-state index in [1.807, 2.05) is 19.1 Å². The Balaban J connectivity index is 1.76. The van der Waals surface area contributed by atoms with Crippen LogP contribution in [0.2, 0.25) is 0 Å². The van der Waals surface area contributed by atoms with Crippen molar-refractivity contribution in [3.8, 4) is 0 Å². The summed E-state index contributed by atoms with van der Waals surface area (Å²) in [4.78, 5) is 36.9. The molecule has 3 aromatic rings. The lowest BCUT2D eigenvalue weighted by Crippen LogP contribution is -2.19. The normalized spacial score (nSPS) is 10.1. The summed E-state index contributed by atoms with van der Waals surface area (Å²) in [6.07, 6.45) is 0. The van der Waals surface area contributed by atoms with Crippen molar-refractivity contribution in [2.24, 2.45) is 0 Å². The second-order valence-electron chi connectivity index (χ2n) is 6.48. The van der Waals surface area contributed by atoms with Gasteiger partial charge in [-0.15, -0.1) is 0 Å². The number of hydrogen-bond donors (Lipinski definition) is 3. The molecule has 3 aromatic carbocycles. The van der Waals surface area contributed by atoms with E-state index in [9.17, 15) is 14.4 Å². The van der Waals surface area contributed by atoms with Crippen molar-refractivity contribution in [1.29, 1.82) is 0 Å². The average Bonchev–Trinajstić information content (AvgIpc) is 2.74. The highest BCUT2D eigenvalue weighted by molar-refractivity contribution is 6.12. The number of anilines is 2. The second kappa shape index (κ2) is 8.84. The summed E-state index contributed by atoms with van der Waals surface area (Å²) < 4.78 is 0. The Bertz CT molecular complexity index is 1060. The zero-order valence-corrected chi connectivity index (χ0v) is 16.2. The Labute approximate surface area is 169 Å². The van der Waals surface area contributed by atoms with Gasteiger partial charge in [0.2, 0.25) is 0 Å². The summed E-state index contributed by atoms with van der Waals surface area (Å²) in [6, 6.07) is 20.6. The molecule has 0 aromatic heterocycles. The molecule has 0 radical (unpaired) electrons. The molecular formula is C23H21N3O3. The second-order valence-corrected chi connectivity index (χ2v) is 6.48. The number of nitrogens with one attached hydrogen (secondary N) is 3. The van der Waals surface area contributed by atoms with E-state index in [0.29, 0.717) is 28.1 Å². The van der Waals surface area contributed by atoms with E-state index in [2.05, 4.69) is 16.0 Å². The quantitative estimate of drug-likeness (QED) is 0.621. The van der Waals surface area contributed by atoms with Crippen molar-refractivity contribution in [1.82, 2.24) is 5.32 Å². The van der Waals surface area contributed by atoms with Crippen LogP contribution in [0, 0.1) is 6.92 Å². The molecule has 0 heterocycles. The molecule has 29 heavy (non-hydrogen) atoms. The van der Waals surface area contributed by atoms with Gasteiger partial charge in [-0.25, -0.2) is 0 Å². The van der Waals surface area contributed by atoms with Crippen molar-refractivity contribution < 1.29 is 14.4 Å². The number of aryl methyl sites for hydroxylation is 1. The van der Waals surface area contributed by atoms with E-state index < -0.39 is 0 Å². The third-order valence-corrected chi connectivity index (χ3v) is 4.33. The van der Waals surface area contributed by atoms with E-state index in [1.165, 1.54) is 0 Å². The molecule has 0 aliphatic rings. The third-order valence-electron chi connectivity index (χ3n) is 4.33. The molecule has 0 fully saturated rings. The molecule has 0 spiro atoms. The number of para-hydroxylation sites is 1. The molecule has 6 nitrogen and oxygen atoms in total. The third kappa shape index (κ3) is 4.87. The number of benzene rings is 3. The van der Waals surface area contributed by atoms with E-state index in [-0.39, 0.29) is 17.7 Å². The first kappa shape index (κ1) is 19.8. The van der Waals surface area contributed by atoms with Gasteiger partial charge in [0.1, 0.15) is 0 Å². The predicted octanol–water partition coefficient (Wildman–Crippen LogP) is 3.86. The van der Waals surface area contributed by atoms with Gasteiger partial charge in [-0.1, -0.05) is 29.8 Å². The van der Waals surface area contributed by atoms with Crippen molar-refractivity contribution in [3.05, 3.63) is 95.1 Å². The Kier molecular flexibility index (Phi) is 6.04. The molecule has 146 valence electrons. The molecule has 0 unspecified atom stereocenters. The van der Waals surface area contributed by atoms with Gasteiger partial charge < -0.3 is 16.0 Å². The van der Waals surface area contributed by atoms with Crippen LogP contribution in [-0.2, 0) is 0 Å². The minimum absolute atomic E-state index is 0.202. The molecule has 0 saturated carbocycles. The van der Waals surface area contributed by atoms with E-state index in [4.69, 9.17) is 0 Å². The van der Waals surface area contributed by atoms with E-state index in [1.54, 1.807) is 67.7 Å². The van der Waals surface area contributed by atoms with Crippen LogP contribution in [0.5, 0.6) is 0 Å². The molecule has 0 atom stereocenters. The first-order chi connectivity index (χ1) is 14.0. The monoisotopic (exact) mass is 387 g/mol. The fourth-order valence-electron chi connectivity index (χ4n) is 2.82. The number of rotatable bonds is 5. The largest absolute Gasteiger partial charge is 0.355 e. The van der Waals surface area contributed by atoms with Crippen molar-refractivity contribution in [2.75, 3.05) is 17.7 Å². The standard InChI is InChI=1S/C23H21N3O3/c1-15-6-5-7-17(14-15)22(28)26-20-9-4-3-8-19(20)23(29)25-18-12-10-16(11-13-18)21(27)24-2/h3-14H,1-2H3,(H,24,27)(H,25,29)(H,26,28). The van der Waals surface area contributed by atoms with E-state index in [0.717, 1.165) is 5.56 Å². The first-order valence-electron chi connectivity index (χ1n) is 9.08. The predicted molar refractivity (Wildman–Crippen MR) is 113 cm³/mol. The van der Waals surface area contributed by atoms with Gasteiger partial charge in [-0.05, 0) is 55.5 Å². The number of hydrogen-bond acceptors (Lipinski definition) is 3. The molecule has 0 aliphatic carbocycles. The maximum Gasteiger partial charge on any atom is 0.257 e. The Morgan fingerprint density at radius 2 is 1.41 bits per heavy atom. The highest BCUT2D eigenvalue weighted by Crippen LogP contribution is 2.19. The molecule has 3 rings (SSSR count). The highest BCUT2D eigenvalue weighted by Gasteiger charge is 2.14. The fourth-order valence-corrected chi connectivity index (χ4v) is 2.82. The van der Waals surface area contributed by atoms with Gasteiger partial charge in [0, 0.05) is 23.9 Å². The SMILES string of the molecule is CNC(=O)c1ccc(NC(=O)c2ccccc2NC(=O)c2cccc(C)c2)cc1. The molecule has 6 heteroatoms. The maximum absolute atomic E-state index is 12.7. The number of carbonyl (C=O) groups is 3. The van der Waals surface area contributed by atoms with Crippen LogP contribution in [0.15, 0.2) is 72.8 Å². The Hall–Kier alpha value is -3.93. The lowest BCUT2D eigenvalue weighted by molar-refractivity contribution is 0.0961. The molecular weight excluding hydrogens is 366 g/mol. The highest BCUT2D eigenvalue weighted by atomic mass is 16.2. The minimum Gasteiger partial charge on any atom is -0.355 e. The summed E-state index contributed by atoms with van der Waals surface area (Å²) in [5, 5.41) is 8.13.